The van der Waals surface area contributed by atoms with Crippen LogP contribution in [0, 0.1) is 6.92 Å². The SMILES string of the molecule is Cc1ccc2c(c1)N(CC(=O)c1ccc(Cl)cc1)C(=O)C(C)O2. The molecule has 0 radical (unpaired) electrons. The summed E-state index contributed by atoms with van der Waals surface area (Å²) in [4.78, 5) is 26.4. The number of ether oxygens (including phenoxy) is 1. The summed E-state index contributed by atoms with van der Waals surface area (Å²) in [7, 11) is 0. The lowest BCUT2D eigenvalue weighted by Gasteiger charge is -2.32. The van der Waals surface area contributed by atoms with Gasteiger partial charge < -0.3 is 4.74 Å². The summed E-state index contributed by atoms with van der Waals surface area (Å²) in [5.74, 6) is 0.258. The van der Waals surface area contributed by atoms with E-state index >= 15 is 0 Å². The molecule has 1 atom stereocenters. The molecule has 1 heterocycles. The van der Waals surface area contributed by atoms with Gasteiger partial charge in [-0.25, -0.2) is 0 Å². The van der Waals surface area contributed by atoms with Crippen molar-refractivity contribution < 1.29 is 14.3 Å². The van der Waals surface area contributed by atoms with E-state index in [0.717, 1.165) is 5.56 Å². The molecule has 0 aliphatic carbocycles. The summed E-state index contributed by atoms with van der Waals surface area (Å²) in [6, 6.07) is 12.3. The second-order valence-electron chi connectivity index (χ2n) is 5.59. The fourth-order valence-electron chi connectivity index (χ4n) is 2.55. The maximum Gasteiger partial charge on any atom is 0.268 e. The minimum Gasteiger partial charge on any atom is -0.479 e. The Hall–Kier alpha value is -2.33. The Kier molecular flexibility index (Phi) is 4.09. The molecule has 0 saturated carbocycles. The molecule has 1 amide bonds. The first-order valence-electron chi connectivity index (χ1n) is 7.33. The number of carbonyl (C=O) groups is 2. The summed E-state index contributed by atoms with van der Waals surface area (Å²) >= 11 is 5.84. The van der Waals surface area contributed by atoms with Crippen molar-refractivity contribution in [2.75, 3.05) is 11.4 Å². The van der Waals surface area contributed by atoms with E-state index in [-0.39, 0.29) is 18.2 Å². The van der Waals surface area contributed by atoms with Crippen LogP contribution in [0.3, 0.4) is 0 Å². The van der Waals surface area contributed by atoms with Crippen molar-refractivity contribution >= 4 is 29.0 Å². The predicted molar refractivity (Wildman–Crippen MR) is 89.4 cm³/mol. The number of ketones is 1. The molecule has 5 heteroatoms. The van der Waals surface area contributed by atoms with Gasteiger partial charge in [-0.3, -0.25) is 14.5 Å². The summed E-state index contributed by atoms with van der Waals surface area (Å²) in [5.41, 5.74) is 2.16. The number of aryl methyl sites for hydroxylation is 1. The minimum atomic E-state index is -0.608. The number of hydrogen-bond donors (Lipinski definition) is 0. The van der Waals surface area contributed by atoms with E-state index in [1.54, 1.807) is 31.2 Å². The quantitative estimate of drug-likeness (QED) is 0.808. The Balaban J connectivity index is 1.92. The number of hydrogen-bond acceptors (Lipinski definition) is 3. The molecule has 4 nitrogen and oxygen atoms in total. The first-order valence-corrected chi connectivity index (χ1v) is 7.71. The van der Waals surface area contributed by atoms with Crippen LogP contribution in [0.2, 0.25) is 5.02 Å². The van der Waals surface area contributed by atoms with E-state index in [9.17, 15) is 9.59 Å². The number of Topliss-reactive ketones (excluding diaryl/α,β-unsaturated/α-hetero) is 1. The number of nitrogens with zero attached hydrogens (tertiary/aromatic N) is 1. The van der Waals surface area contributed by atoms with E-state index in [1.807, 2.05) is 25.1 Å². The molecule has 2 aromatic carbocycles. The van der Waals surface area contributed by atoms with Gasteiger partial charge in [0.2, 0.25) is 0 Å². The van der Waals surface area contributed by atoms with Gasteiger partial charge in [0.05, 0.1) is 12.2 Å². The highest BCUT2D eigenvalue weighted by atomic mass is 35.5. The highest BCUT2D eigenvalue weighted by Gasteiger charge is 2.32. The first-order chi connectivity index (χ1) is 11.0. The molecule has 1 aliphatic rings. The maximum atomic E-state index is 12.5. The molecule has 0 N–H and O–H groups in total. The topological polar surface area (TPSA) is 46.6 Å². The van der Waals surface area contributed by atoms with Crippen molar-refractivity contribution in [3.63, 3.8) is 0 Å². The van der Waals surface area contributed by atoms with E-state index in [1.165, 1.54) is 4.90 Å². The summed E-state index contributed by atoms with van der Waals surface area (Å²) in [5, 5.41) is 0.568. The number of halogens is 1. The summed E-state index contributed by atoms with van der Waals surface area (Å²) in [6.07, 6.45) is -0.608. The first kappa shape index (κ1) is 15.6. The Morgan fingerprint density at radius 1 is 1.22 bits per heavy atom. The smallest absolute Gasteiger partial charge is 0.268 e. The number of anilines is 1. The number of benzene rings is 2. The van der Waals surface area contributed by atoms with E-state index in [2.05, 4.69) is 0 Å². The van der Waals surface area contributed by atoms with Crippen molar-refractivity contribution in [1.82, 2.24) is 0 Å². The Labute approximate surface area is 139 Å². The minimum absolute atomic E-state index is 0.0232. The van der Waals surface area contributed by atoms with Gasteiger partial charge in [0.15, 0.2) is 11.9 Å². The highest BCUT2D eigenvalue weighted by molar-refractivity contribution is 6.30. The predicted octanol–water partition coefficient (Wildman–Crippen LogP) is 3.65. The third kappa shape index (κ3) is 3.08. The summed E-state index contributed by atoms with van der Waals surface area (Å²) in [6.45, 7) is 3.59. The number of rotatable bonds is 3. The van der Waals surface area contributed by atoms with Crippen LogP contribution in [-0.4, -0.2) is 24.3 Å². The van der Waals surface area contributed by atoms with Crippen molar-refractivity contribution in [3.8, 4) is 5.75 Å². The Morgan fingerprint density at radius 2 is 1.91 bits per heavy atom. The van der Waals surface area contributed by atoms with Crippen molar-refractivity contribution in [2.45, 2.75) is 20.0 Å². The zero-order valence-corrected chi connectivity index (χ0v) is 13.6. The van der Waals surface area contributed by atoms with Crippen LogP contribution in [0.15, 0.2) is 42.5 Å². The molecule has 0 saturated heterocycles. The monoisotopic (exact) mass is 329 g/mol. The molecule has 0 fully saturated rings. The van der Waals surface area contributed by atoms with Gasteiger partial charge in [-0.1, -0.05) is 17.7 Å². The lowest BCUT2D eigenvalue weighted by Crippen LogP contribution is -2.46. The van der Waals surface area contributed by atoms with Crippen LogP contribution in [0.5, 0.6) is 5.75 Å². The van der Waals surface area contributed by atoms with Crippen LogP contribution in [0.1, 0.15) is 22.8 Å². The molecular weight excluding hydrogens is 314 g/mol. The van der Waals surface area contributed by atoms with Gasteiger partial charge >= 0.3 is 0 Å². The molecule has 0 bridgehead atoms. The second-order valence-corrected chi connectivity index (χ2v) is 6.02. The lowest BCUT2D eigenvalue weighted by atomic mass is 10.1. The molecule has 0 aromatic heterocycles. The van der Waals surface area contributed by atoms with Crippen LogP contribution >= 0.6 is 11.6 Å². The van der Waals surface area contributed by atoms with Gasteiger partial charge in [0.25, 0.3) is 5.91 Å². The molecule has 1 unspecified atom stereocenters. The molecule has 118 valence electrons. The molecule has 23 heavy (non-hydrogen) atoms. The fourth-order valence-corrected chi connectivity index (χ4v) is 2.68. The van der Waals surface area contributed by atoms with Crippen LogP contribution in [-0.2, 0) is 4.79 Å². The largest absolute Gasteiger partial charge is 0.479 e. The summed E-state index contributed by atoms with van der Waals surface area (Å²) < 4.78 is 5.61. The average molecular weight is 330 g/mol. The van der Waals surface area contributed by atoms with Crippen molar-refractivity contribution in [3.05, 3.63) is 58.6 Å². The van der Waals surface area contributed by atoms with Crippen LogP contribution in [0.4, 0.5) is 5.69 Å². The third-order valence-corrected chi connectivity index (χ3v) is 4.04. The van der Waals surface area contributed by atoms with Gasteiger partial charge in [0.1, 0.15) is 5.75 Å². The normalized spacial score (nSPS) is 16.7. The third-order valence-electron chi connectivity index (χ3n) is 3.79. The Morgan fingerprint density at radius 3 is 2.61 bits per heavy atom. The Bertz CT molecular complexity index is 770. The number of fused-ring (bicyclic) bond motifs is 1. The van der Waals surface area contributed by atoms with E-state index in [4.69, 9.17) is 16.3 Å². The molecular formula is C18H16ClNO3. The maximum absolute atomic E-state index is 12.5. The van der Waals surface area contributed by atoms with Gasteiger partial charge in [-0.15, -0.1) is 0 Å². The van der Waals surface area contributed by atoms with E-state index in [0.29, 0.717) is 22.0 Å². The zero-order chi connectivity index (χ0) is 16.6. The standard InChI is InChI=1S/C18H16ClNO3/c1-11-3-8-17-15(9-11)20(18(22)12(2)23-17)10-16(21)13-4-6-14(19)7-5-13/h3-9,12H,10H2,1-2H3. The van der Waals surface area contributed by atoms with E-state index < -0.39 is 6.10 Å². The highest BCUT2D eigenvalue weighted by Crippen LogP contribution is 2.34. The molecule has 0 spiro atoms. The van der Waals surface area contributed by atoms with Crippen LogP contribution < -0.4 is 9.64 Å². The molecule has 1 aliphatic heterocycles. The van der Waals surface area contributed by atoms with Crippen LogP contribution in [0.25, 0.3) is 0 Å². The zero-order valence-electron chi connectivity index (χ0n) is 12.9. The van der Waals surface area contributed by atoms with Gasteiger partial charge in [-0.2, -0.15) is 0 Å². The molecule has 3 rings (SSSR count). The number of amides is 1. The van der Waals surface area contributed by atoms with Crippen molar-refractivity contribution in [1.29, 1.82) is 0 Å². The fraction of sp³-hybridized carbons (Fsp3) is 0.222. The molecule has 2 aromatic rings. The van der Waals surface area contributed by atoms with Gasteiger partial charge in [-0.05, 0) is 55.8 Å². The average Bonchev–Trinajstić information content (AvgIpc) is 2.53. The van der Waals surface area contributed by atoms with Gasteiger partial charge in [0, 0.05) is 10.6 Å². The number of carbonyl (C=O) groups excluding carboxylic acids is 2. The van der Waals surface area contributed by atoms with Crippen molar-refractivity contribution in [2.24, 2.45) is 0 Å². The lowest BCUT2D eigenvalue weighted by molar-refractivity contribution is -0.125. The second kappa shape index (κ2) is 6.05.